The third-order valence-corrected chi connectivity index (χ3v) is 5.75. The first-order valence-electron chi connectivity index (χ1n) is 10.6. The smallest absolute Gasteiger partial charge is 0.247 e. The van der Waals surface area contributed by atoms with Crippen molar-refractivity contribution in [2.45, 2.75) is 64.0 Å². The molecule has 5 nitrogen and oxygen atoms in total. The second-order valence-corrected chi connectivity index (χ2v) is 8.13. The number of nitrogens with one attached hydrogen (secondary N) is 1. The molecule has 2 amide bonds. The molecule has 162 valence electrons. The largest absolute Gasteiger partial charge is 0.382 e. The van der Waals surface area contributed by atoms with Crippen molar-refractivity contribution in [3.63, 3.8) is 0 Å². The second-order valence-electron chi connectivity index (χ2n) is 7.42. The Balaban J connectivity index is 2.23. The Morgan fingerprint density at radius 1 is 1.17 bits per heavy atom. The molecule has 2 rings (SSSR count). The van der Waals surface area contributed by atoms with Gasteiger partial charge in [-0.3, -0.25) is 9.59 Å². The molecule has 0 bridgehead atoms. The fourth-order valence-electron chi connectivity index (χ4n) is 3.78. The molecule has 1 aromatic rings. The Hall–Kier alpha value is -1.30. The molecule has 1 N–H and O–H groups in total. The highest BCUT2D eigenvalue weighted by Crippen LogP contribution is 2.25. The predicted molar refractivity (Wildman–Crippen MR) is 117 cm³/mol. The van der Waals surface area contributed by atoms with Gasteiger partial charge in [-0.05, 0) is 43.9 Å². The molecule has 0 heterocycles. The highest BCUT2D eigenvalue weighted by molar-refractivity contribution is 6.30. The van der Waals surface area contributed by atoms with E-state index in [9.17, 15) is 9.59 Å². The number of alkyl halides is 1. The van der Waals surface area contributed by atoms with Crippen LogP contribution in [0.3, 0.4) is 0 Å². The first-order valence-corrected chi connectivity index (χ1v) is 11.5. The van der Waals surface area contributed by atoms with Crippen molar-refractivity contribution in [1.82, 2.24) is 10.2 Å². The summed E-state index contributed by atoms with van der Waals surface area (Å²) in [5.41, 5.74) is 0.732. The van der Waals surface area contributed by atoms with Crippen LogP contribution < -0.4 is 5.32 Å². The van der Waals surface area contributed by atoms with Gasteiger partial charge in [-0.15, -0.1) is 11.6 Å². The molecule has 1 aliphatic rings. The quantitative estimate of drug-likeness (QED) is 0.324. The van der Waals surface area contributed by atoms with Crippen LogP contribution in [0.1, 0.15) is 63.5 Å². The van der Waals surface area contributed by atoms with Crippen LogP contribution in [0.15, 0.2) is 24.3 Å². The van der Waals surface area contributed by atoms with Crippen LogP contribution in [0.4, 0.5) is 0 Å². The number of hydrogen-bond acceptors (Lipinski definition) is 3. The van der Waals surface area contributed by atoms with Gasteiger partial charge in [0, 0.05) is 30.8 Å². The van der Waals surface area contributed by atoms with Crippen molar-refractivity contribution >= 4 is 35.0 Å². The molecule has 1 saturated carbocycles. The molecule has 1 aromatic carbocycles. The van der Waals surface area contributed by atoms with Crippen LogP contribution in [0.5, 0.6) is 0 Å². The van der Waals surface area contributed by atoms with Crippen molar-refractivity contribution in [3.05, 3.63) is 34.9 Å². The van der Waals surface area contributed by atoms with Crippen LogP contribution in [0, 0.1) is 0 Å². The van der Waals surface area contributed by atoms with Crippen molar-refractivity contribution in [1.29, 1.82) is 0 Å². The Bertz CT molecular complexity index is 631. The molecule has 0 spiro atoms. The van der Waals surface area contributed by atoms with Gasteiger partial charge in [-0.25, -0.2) is 0 Å². The summed E-state index contributed by atoms with van der Waals surface area (Å²) in [5.74, 6) is -0.594. The highest BCUT2D eigenvalue weighted by atomic mass is 35.5. The van der Waals surface area contributed by atoms with E-state index in [2.05, 4.69) is 5.32 Å². The summed E-state index contributed by atoms with van der Waals surface area (Å²) in [4.78, 5) is 27.6. The molecule has 0 aliphatic heterocycles. The summed E-state index contributed by atoms with van der Waals surface area (Å²) >= 11 is 11.9. The fourth-order valence-corrected chi connectivity index (χ4v) is 4.06. The third-order valence-electron chi connectivity index (χ3n) is 5.27. The first kappa shape index (κ1) is 24.0. The van der Waals surface area contributed by atoms with E-state index in [0.29, 0.717) is 31.2 Å². The number of carbonyl (C=O) groups is 2. The van der Waals surface area contributed by atoms with E-state index >= 15 is 0 Å². The average molecular weight is 443 g/mol. The minimum atomic E-state index is -0.733. The maximum absolute atomic E-state index is 13.3. The highest BCUT2D eigenvalue weighted by Gasteiger charge is 2.32. The molecule has 1 aliphatic carbocycles. The number of nitrogens with zero attached hydrogens (tertiary/aromatic N) is 1. The standard InChI is InChI=1S/C22H32Cl2N2O3/c1-2-29-15-7-14-26(20(27)16-23)21(17-10-12-18(24)13-11-17)22(28)25-19-8-5-3-4-6-9-19/h10-13,19,21H,2-9,14-16H2,1H3,(H,25,28)/t21-/m0/s1. The number of hydrogen-bond donors (Lipinski definition) is 1. The number of carbonyl (C=O) groups excluding carboxylic acids is 2. The van der Waals surface area contributed by atoms with E-state index in [1.807, 2.05) is 6.92 Å². The average Bonchev–Trinajstić information content (AvgIpc) is 2.99. The first-order chi connectivity index (χ1) is 14.1. The normalized spacial score (nSPS) is 16.1. The van der Waals surface area contributed by atoms with E-state index in [1.54, 1.807) is 29.2 Å². The van der Waals surface area contributed by atoms with Crippen LogP contribution >= 0.6 is 23.2 Å². The number of benzene rings is 1. The van der Waals surface area contributed by atoms with Gasteiger partial charge in [0.25, 0.3) is 0 Å². The van der Waals surface area contributed by atoms with Crippen molar-refractivity contribution in [2.75, 3.05) is 25.6 Å². The van der Waals surface area contributed by atoms with Gasteiger partial charge in [0.2, 0.25) is 11.8 Å². The summed E-state index contributed by atoms with van der Waals surface area (Å²) in [6.45, 7) is 3.47. The zero-order valence-electron chi connectivity index (χ0n) is 17.2. The SMILES string of the molecule is CCOCCCN(C(=O)CCl)[C@H](C(=O)NC1CCCCCC1)c1ccc(Cl)cc1. The Labute approximate surface area is 184 Å². The Kier molecular flexibility index (Phi) is 10.8. The lowest BCUT2D eigenvalue weighted by molar-refractivity contribution is -0.139. The Morgan fingerprint density at radius 2 is 1.83 bits per heavy atom. The van der Waals surface area contributed by atoms with Gasteiger partial charge >= 0.3 is 0 Å². The second kappa shape index (κ2) is 13.1. The maximum atomic E-state index is 13.3. The van der Waals surface area contributed by atoms with E-state index in [1.165, 1.54) is 12.8 Å². The van der Waals surface area contributed by atoms with Crippen molar-refractivity contribution < 1.29 is 14.3 Å². The van der Waals surface area contributed by atoms with Crippen LogP contribution in [0.25, 0.3) is 0 Å². The lowest BCUT2D eigenvalue weighted by atomic mass is 10.0. The van der Waals surface area contributed by atoms with Gasteiger partial charge in [0.15, 0.2) is 0 Å². The van der Waals surface area contributed by atoms with E-state index in [0.717, 1.165) is 31.2 Å². The lowest BCUT2D eigenvalue weighted by Crippen LogP contribution is -2.47. The van der Waals surface area contributed by atoms with Crippen LogP contribution in [-0.2, 0) is 14.3 Å². The summed E-state index contributed by atoms with van der Waals surface area (Å²) in [6.07, 6.45) is 7.25. The fraction of sp³-hybridized carbons (Fsp3) is 0.636. The van der Waals surface area contributed by atoms with E-state index < -0.39 is 6.04 Å². The van der Waals surface area contributed by atoms with E-state index in [4.69, 9.17) is 27.9 Å². The number of rotatable bonds is 10. The van der Waals surface area contributed by atoms with Crippen LogP contribution in [-0.4, -0.2) is 48.4 Å². The summed E-state index contributed by atoms with van der Waals surface area (Å²) in [6, 6.07) is 6.51. The van der Waals surface area contributed by atoms with Crippen molar-refractivity contribution in [3.8, 4) is 0 Å². The number of halogens is 2. The molecule has 0 saturated heterocycles. The monoisotopic (exact) mass is 442 g/mol. The lowest BCUT2D eigenvalue weighted by Gasteiger charge is -2.32. The molecule has 1 fully saturated rings. The maximum Gasteiger partial charge on any atom is 0.247 e. The number of amides is 2. The molecular weight excluding hydrogens is 411 g/mol. The van der Waals surface area contributed by atoms with Crippen LogP contribution in [0.2, 0.25) is 5.02 Å². The third kappa shape index (κ3) is 7.80. The molecule has 1 atom stereocenters. The van der Waals surface area contributed by atoms with E-state index in [-0.39, 0.29) is 23.7 Å². The molecule has 0 radical (unpaired) electrons. The summed E-state index contributed by atoms with van der Waals surface area (Å²) in [7, 11) is 0. The number of ether oxygens (including phenoxy) is 1. The zero-order valence-corrected chi connectivity index (χ0v) is 18.7. The molecular formula is C22H32Cl2N2O3. The molecule has 7 heteroatoms. The topological polar surface area (TPSA) is 58.6 Å². The Morgan fingerprint density at radius 3 is 2.41 bits per heavy atom. The predicted octanol–water partition coefficient (Wildman–Crippen LogP) is 4.71. The van der Waals surface area contributed by atoms with Gasteiger partial charge in [0.1, 0.15) is 11.9 Å². The zero-order chi connectivity index (χ0) is 21.1. The van der Waals surface area contributed by atoms with Crippen molar-refractivity contribution in [2.24, 2.45) is 0 Å². The molecule has 0 aromatic heterocycles. The van der Waals surface area contributed by atoms with Gasteiger partial charge in [-0.2, -0.15) is 0 Å². The van der Waals surface area contributed by atoms with Gasteiger partial charge in [0.05, 0.1) is 0 Å². The molecule has 29 heavy (non-hydrogen) atoms. The summed E-state index contributed by atoms with van der Waals surface area (Å²) < 4.78 is 5.41. The van der Waals surface area contributed by atoms with Gasteiger partial charge in [-0.1, -0.05) is 49.4 Å². The molecule has 0 unspecified atom stereocenters. The minimum Gasteiger partial charge on any atom is -0.382 e. The minimum absolute atomic E-state index is 0.149. The van der Waals surface area contributed by atoms with Gasteiger partial charge < -0.3 is 15.0 Å². The summed E-state index contributed by atoms with van der Waals surface area (Å²) in [5, 5.41) is 3.78.